The summed E-state index contributed by atoms with van der Waals surface area (Å²) < 4.78 is 40.5. The minimum Gasteiger partial charge on any atom is -0.485 e. The summed E-state index contributed by atoms with van der Waals surface area (Å²) in [6, 6.07) is 4.61. The molecule has 2 heterocycles. The van der Waals surface area contributed by atoms with Gasteiger partial charge in [0, 0.05) is 18.8 Å². The highest BCUT2D eigenvalue weighted by Gasteiger charge is 2.24. The number of alkyl carbamates (subject to hydrolysis) is 1. The number of fused-ring (bicyclic) bond motifs is 1. The zero-order chi connectivity index (χ0) is 27.5. The smallest absolute Gasteiger partial charge is 0.407 e. The zero-order valence-corrected chi connectivity index (χ0v) is 22.4. The van der Waals surface area contributed by atoms with Crippen molar-refractivity contribution in [2.45, 2.75) is 59.8 Å². The number of ether oxygens (including phenoxy) is 2. The fraction of sp³-hybridized carbons (Fsp3) is 0.423. The van der Waals surface area contributed by atoms with E-state index < -0.39 is 41.9 Å². The third-order valence-electron chi connectivity index (χ3n) is 5.47. The average Bonchev–Trinajstić information content (AvgIpc) is 3.10. The first-order chi connectivity index (χ1) is 17.3. The Labute approximate surface area is 219 Å². The Kier molecular flexibility index (Phi) is 8.63. The molecule has 0 aliphatic heterocycles. The van der Waals surface area contributed by atoms with Crippen molar-refractivity contribution in [2.75, 3.05) is 6.54 Å². The summed E-state index contributed by atoms with van der Waals surface area (Å²) in [6.07, 6.45) is 0.924. The van der Waals surface area contributed by atoms with Gasteiger partial charge in [0.1, 0.15) is 29.5 Å². The monoisotopic (exact) mass is 536 g/mol. The molecular formula is C26H31ClF2N4O4. The van der Waals surface area contributed by atoms with Crippen LogP contribution in [-0.4, -0.2) is 39.6 Å². The van der Waals surface area contributed by atoms with Crippen molar-refractivity contribution >= 4 is 29.2 Å². The lowest BCUT2D eigenvalue weighted by Crippen LogP contribution is -2.48. The van der Waals surface area contributed by atoms with Gasteiger partial charge in [-0.05, 0) is 45.7 Å². The molecule has 0 bridgehead atoms. The number of pyridine rings is 1. The summed E-state index contributed by atoms with van der Waals surface area (Å²) in [7, 11) is 0. The average molecular weight is 537 g/mol. The van der Waals surface area contributed by atoms with E-state index in [1.54, 1.807) is 27.7 Å². The summed E-state index contributed by atoms with van der Waals surface area (Å²) >= 11 is 6.26. The second kappa shape index (κ2) is 11.3. The van der Waals surface area contributed by atoms with Gasteiger partial charge in [0.05, 0.1) is 22.3 Å². The standard InChI is InChI=1S/C26H31ClF2N4O4/c1-14(2)20(32-25(35)37-26(4,5)6)11-30-24(34)22-15(3)31-23-21(10-16(27)12-33(22)23)36-13-17-18(28)8-7-9-19(17)29/h7-10,12,14,20H,11,13H2,1-6H3,(H,30,34)(H,32,35). The Morgan fingerprint density at radius 1 is 1.19 bits per heavy atom. The summed E-state index contributed by atoms with van der Waals surface area (Å²) in [5, 5.41) is 5.84. The largest absolute Gasteiger partial charge is 0.485 e. The van der Waals surface area contributed by atoms with Gasteiger partial charge in [-0.15, -0.1) is 0 Å². The molecule has 0 saturated heterocycles. The van der Waals surface area contributed by atoms with Crippen LogP contribution in [0.1, 0.15) is 56.4 Å². The highest BCUT2D eigenvalue weighted by Crippen LogP contribution is 2.28. The first-order valence-electron chi connectivity index (χ1n) is 11.8. The number of halogens is 3. The van der Waals surface area contributed by atoms with Gasteiger partial charge in [0.2, 0.25) is 0 Å². The van der Waals surface area contributed by atoms with Gasteiger partial charge in [0.15, 0.2) is 11.4 Å². The molecule has 0 saturated carbocycles. The number of imidazole rings is 1. The number of hydrogen-bond donors (Lipinski definition) is 2. The number of nitrogens with one attached hydrogen (secondary N) is 2. The molecule has 8 nitrogen and oxygen atoms in total. The maximum Gasteiger partial charge on any atom is 0.407 e. The van der Waals surface area contributed by atoms with Crippen molar-refractivity contribution in [2.24, 2.45) is 5.92 Å². The number of rotatable bonds is 8. The molecule has 37 heavy (non-hydrogen) atoms. The van der Waals surface area contributed by atoms with Gasteiger partial charge in [-0.2, -0.15) is 0 Å². The minimum absolute atomic E-state index is 0.00400. The number of amides is 2. The summed E-state index contributed by atoms with van der Waals surface area (Å²) in [5.41, 5.74) is -0.0307. The Hall–Kier alpha value is -3.40. The molecule has 3 rings (SSSR count). The van der Waals surface area contributed by atoms with E-state index in [-0.39, 0.29) is 40.1 Å². The van der Waals surface area contributed by atoms with Crippen LogP contribution in [0.25, 0.3) is 5.65 Å². The fourth-order valence-electron chi connectivity index (χ4n) is 3.59. The molecular weight excluding hydrogens is 506 g/mol. The second-order valence-electron chi connectivity index (χ2n) is 9.96. The molecule has 0 fully saturated rings. The van der Waals surface area contributed by atoms with Crippen LogP contribution in [-0.2, 0) is 11.3 Å². The topological polar surface area (TPSA) is 94.0 Å². The van der Waals surface area contributed by atoms with Crippen LogP contribution in [0.2, 0.25) is 5.02 Å². The molecule has 2 N–H and O–H groups in total. The van der Waals surface area contributed by atoms with E-state index in [9.17, 15) is 18.4 Å². The van der Waals surface area contributed by atoms with Gasteiger partial charge in [-0.1, -0.05) is 31.5 Å². The number of carbonyl (C=O) groups is 2. The molecule has 1 atom stereocenters. The van der Waals surface area contributed by atoms with Crippen LogP contribution in [0.5, 0.6) is 5.75 Å². The number of carbonyl (C=O) groups excluding carboxylic acids is 2. The lowest BCUT2D eigenvalue weighted by molar-refractivity contribution is 0.0487. The molecule has 0 aliphatic rings. The van der Waals surface area contributed by atoms with Gasteiger partial charge in [-0.3, -0.25) is 9.20 Å². The van der Waals surface area contributed by atoms with Crippen molar-refractivity contribution in [3.63, 3.8) is 0 Å². The summed E-state index contributed by atoms with van der Waals surface area (Å²) in [4.78, 5) is 29.8. The Morgan fingerprint density at radius 2 is 1.84 bits per heavy atom. The van der Waals surface area contributed by atoms with Crippen LogP contribution < -0.4 is 15.4 Å². The van der Waals surface area contributed by atoms with E-state index in [1.165, 1.54) is 22.7 Å². The Bertz CT molecular complexity index is 1280. The number of hydrogen-bond acceptors (Lipinski definition) is 5. The molecule has 2 aromatic heterocycles. The van der Waals surface area contributed by atoms with E-state index >= 15 is 0 Å². The molecule has 1 aromatic carbocycles. The quantitative estimate of drug-likeness (QED) is 0.400. The molecule has 2 amide bonds. The van der Waals surface area contributed by atoms with E-state index in [0.717, 1.165) is 12.1 Å². The van der Waals surface area contributed by atoms with Crippen LogP contribution in [0.4, 0.5) is 13.6 Å². The Morgan fingerprint density at radius 3 is 2.43 bits per heavy atom. The minimum atomic E-state index is -0.739. The van der Waals surface area contributed by atoms with Crippen LogP contribution in [0.3, 0.4) is 0 Å². The highest BCUT2D eigenvalue weighted by molar-refractivity contribution is 6.30. The highest BCUT2D eigenvalue weighted by atomic mass is 35.5. The fourth-order valence-corrected chi connectivity index (χ4v) is 3.79. The predicted molar refractivity (Wildman–Crippen MR) is 136 cm³/mol. The normalized spacial score (nSPS) is 12.5. The van der Waals surface area contributed by atoms with Crippen molar-refractivity contribution in [1.29, 1.82) is 0 Å². The van der Waals surface area contributed by atoms with Crippen molar-refractivity contribution in [3.05, 3.63) is 64.1 Å². The summed E-state index contributed by atoms with van der Waals surface area (Å²) in [6.45, 7) is 10.5. The molecule has 11 heteroatoms. The lowest BCUT2D eigenvalue weighted by Gasteiger charge is -2.26. The van der Waals surface area contributed by atoms with Crippen molar-refractivity contribution in [1.82, 2.24) is 20.0 Å². The van der Waals surface area contributed by atoms with Crippen molar-refractivity contribution < 1.29 is 27.8 Å². The number of aryl methyl sites for hydroxylation is 1. The van der Waals surface area contributed by atoms with Gasteiger partial charge in [-0.25, -0.2) is 18.6 Å². The molecule has 3 aromatic rings. The van der Waals surface area contributed by atoms with Gasteiger partial charge < -0.3 is 20.1 Å². The van der Waals surface area contributed by atoms with Crippen LogP contribution in [0, 0.1) is 24.5 Å². The second-order valence-corrected chi connectivity index (χ2v) is 10.4. The van der Waals surface area contributed by atoms with Crippen LogP contribution in [0.15, 0.2) is 30.5 Å². The SMILES string of the molecule is Cc1nc2c(OCc3c(F)cccc3F)cc(Cl)cn2c1C(=O)NCC(NC(=O)OC(C)(C)C)C(C)C. The predicted octanol–water partition coefficient (Wildman–Crippen LogP) is 5.43. The van der Waals surface area contributed by atoms with E-state index in [0.29, 0.717) is 5.69 Å². The van der Waals surface area contributed by atoms with E-state index in [1.807, 2.05) is 13.8 Å². The van der Waals surface area contributed by atoms with Crippen LogP contribution >= 0.6 is 11.6 Å². The number of benzene rings is 1. The third-order valence-corrected chi connectivity index (χ3v) is 5.67. The molecule has 1 unspecified atom stereocenters. The molecule has 200 valence electrons. The van der Waals surface area contributed by atoms with Gasteiger partial charge in [0.25, 0.3) is 5.91 Å². The first kappa shape index (κ1) is 28.2. The zero-order valence-electron chi connectivity index (χ0n) is 21.6. The molecule has 0 radical (unpaired) electrons. The number of aromatic nitrogens is 2. The maximum atomic E-state index is 14.0. The lowest BCUT2D eigenvalue weighted by atomic mass is 10.0. The third kappa shape index (κ3) is 7.09. The first-order valence-corrected chi connectivity index (χ1v) is 12.2. The number of nitrogens with zero attached hydrogens (tertiary/aromatic N) is 2. The van der Waals surface area contributed by atoms with E-state index in [2.05, 4.69) is 15.6 Å². The summed E-state index contributed by atoms with van der Waals surface area (Å²) in [5.74, 6) is -1.77. The maximum absolute atomic E-state index is 14.0. The van der Waals surface area contributed by atoms with E-state index in [4.69, 9.17) is 21.1 Å². The molecule has 0 spiro atoms. The Balaban J connectivity index is 1.80. The van der Waals surface area contributed by atoms with Gasteiger partial charge >= 0.3 is 6.09 Å². The van der Waals surface area contributed by atoms with Crippen molar-refractivity contribution in [3.8, 4) is 5.75 Å². The molecule has 0 aliphatic carbocycles.